The molecular formula is C7H11ClN2OS. The van der Waals surface area contributed by atoms with E-state index in [0.717, 1.165) is 25.2 Å². The van der Waals surface area contributed by atoms with Crippen molar-refractivity contribution in [1.29, 1.82) is 0 Å². The zero-order valence-corrected chi connectivity index (χ0v) is 8.19. The third-order valence-corrected chi connectivity index (χ3v) is 3.04. The summed E-state index contributed by atoms with van der Waals surface area (Å²) in [5, 5.41) is 6.09. The second-order valence-electron chi connectivity index (χ2n) is 2.67. The largest absolute Gasteiger partial charge is 0.327 e. The molecule has 5 heteroatoms. The highest BCUT2D eigenvalue weighted by molar-refractivity contribution is 8.03. The van der Waals surface area contributed by atoms with Gasteiger partial charge in [0.05, 0.1) is 5.75 Å². The SMILES string of the molecule is Cl.O=C1CSC2=C(CNCC2)N1. The van der Waals surface area contributed by atoms with Crippen LogP contribution in [0.2, 0.25) is 0 Å². The Labute approximate surface area is 81.8 Å². The van der Waals surface area contributed by atoms with Gasteiger partial charge in [0.2, 0.25) is 5.91 Å². The number of hydrogen-bond donors (Lipinski definition) is 2. The van der Waals surface area contributed by atoms with E-state index in [0.29, 0.717) is 5.75 Å². The molecule has 1 amide bonds. The number of thioether (sulfide) groups is 1. The van der Waals surface area contributed by atoms with Gasteiger partial charge in [-0.1, -0.05) is 0 Å². The van der Waals surface area contributed by atoms with Crippen LogP contribution >= 0.6 is 24.2 Å². The Balaban J connectivity index is 0.000000720. The maximum atomic E-state index is 10.9. The molecule has 0 aliphatic carbocycles. The van der Waals surface area contributed by atoms with E-state index in [9.17, 15) is 4.79 Å². The average Bonchev–Trinajstić information content (AvgIpc) is 2.04. The summed E-state index contributed by atoms with van der Waals surface area (Å²) >= 11 is 1.68. The summed E-state index contributed by atoms with van der Waals surface area (Å²) in [6, 6.07) is 0. The van der Waals surface area contributed by atoms with E-state index in [4.69, 9.17) is 0 Å². The van der Waals surface area contributed by atoms with E-state index in [1.807, 2.05) is 0 Å². The van der Waals surface area contributed by atoms with E-state index in [-0.39, 0.29) is 18.3 Å². The summed E-state index contributed by atoms with van der Waals surface area (Å²) in [5.41, 5.74) is 1.09. The van der Waals surface area contributed by atoms with Crippen LogP contribution in [-0.4, -0.2) is 24.7 Å². The van der Waals surface area contributed by atoms with Gasteiger partial charge in [-0.2, -0.15) is 0 Å². The molecule has 0 fully saturated rings. The Hall–Kier alpha value is -0.190. The molecule has 0 saturated carbocycles. The fraction of sp³-hybridized carbons (Fsp3) is 0.571. The zero-order valence-electron chi connectivity index (χ0n) is 6.55. The zero-order chi connectivity index (χ0) is 7.68. The predicted molar refractivity (Wildman–Crippen MR) is 52.4 cm³/mol. The van der Waals surface area contributed by atoms with Gasteiger partial charge in [0, 0.05) is 23.7 Å². The van der Waals surface area contributed by atoms with Gasteiger partial charge in [-0.25, -0.2) is 0 Å². The van der Waals surface area contributed by atoms with Gasteiger partial charge < -0.3 is 10.6 Å². The van der Waals surface area contributed by atoms with Crippen LogP contribution in [0.25, 0.3) is 0 Å². The summed E-state index contributed by atoms with van der Waals surface area (Å²) in [6.45, 7) is 1.87. The van der Waals surface area contributed by atoms with Crippen molar-refractivity contribution in [3.63, 3.8) is 0 Å². The maximum absolute atomic E-state index is 10.9. The van der Waals surface area contributed by atoms with Crippen LogP contribution in [0.4, 0.5) is 0 Å². The lowest BCUT2D eigenvalue weighted by Crippen LogP contribution is -2.38. The first-order chi connectivity index (χ1) is 5.36. The van der Waals surface area contributed by atoms with E-state index < -0.39 is 0 Å². The third-order valence-electron chi connectivity index (χ3n) is 1.84. The third kappa shape index (κ3) is 1.94. The molecule has 2 aliphatic heterocycles. The van der Waals surface area contributed by atoms with Crippen LogP contribution in [-0.2, 0) is 4.79 Å². The summed E-state index contributed by atoms with van der Waals surface area (Å²) < 4.78 is 0. The number of nitrogens with one attached hydrogen (secondary N) is 2. The molecule has 0 bridgehead atoms. The molecule has 68 valence electrons. The van der Waals surface area contributed by atoms with Crippen molar-refractivity contribution in [3.8, 4) is 0 Å². The first-order valence-electron chi connectivity index (χ1n) is 3.71. The van der Waals surface area contributed by atoms with E-state index >= 15 is 0 Å². The van der Waals surface area contributed by atoms with Crippen molar-refractivity contribution >= 4 is 30.1 Å². The van der Waals surface area contributed by atoms with E-state index in [2.05, 4.69) is 10.6 Å². The van der Waals surface area contributed by atoms with Crippen molar-refractivity contribution < 1.29 is 4.79 Å². The van der Waals surface area contributed by atoms with Crippen molar-refractivity contribution in [3.05, 3.63) is 10.6 Å². The molecule has 0 radical (unpaired) electrons. The molecule has 3 nitrogen and oxygen atoms in total. The summed E-state index contributed by atoms with van der Waals surface area (Å²) in [6.07, 6.45) is 1.07. The Morgan fingerprint density at radius 2 is 2.25 bits per heavy atom. The minimum atomic E-state index is 0. The standard InChI is InChI=1S/C7H10N2OS.ClH/c10-7-4-11-6-1-2-8-3-5(6)9-7;/h8H,1-4H2,(H,9,10);1H. The number of carbonyl (C=O) groups is 1. The maximum Gasteiger partial charge on any atom is 0.234 e. The Morgan fingerprint density at radius 3 is 3.08 bits per heavy atom. The number of halogens is 1. The molecule has 2 rings (SSSR count). The van der Waals surface area contributed by atoms with E-state index in [1.54, 1.807) is 11.8 Å². The van der Waals surface area contributed by atoms with Crippen LogP contribution in [0.1, 0.15) is 6.42 Å². The highest BCUT2D eigenvalue weighted by Gasteiger charge is 2.20. The molecule has 2 heterocycles. The van der Waals surface area contributed by atoms with Crippen molar-refractivity contribution in [2.24, 2.45) is 0 Å². The Morgan fingerprint density at radius 1 is 1.42 bits per heavy atom. The van der Waals surface area contributed by atoms with Crippen molar-refractivity contribution in [1.82, 2.24) is 10.6 Å². The van der Waals surface area contributed by atoms with Gasteiger partial charge >= 0.3 is 0 Å². The lowest BCUT2D eigenvalue weighted by Gasteiger charge is -2.24. The van der Waals surface area contributed by atoms with Gasteiger partial charge in [-0.15, -0.1) is 24.2 Å². The predicted octanol–water partition coefficient (Wildman–Crippen LogP) is 0.476. The number of amides is 1. The molecular weight excluding hydrogens is 196 g/mol. The Bertz CT molecular complexity index is 229. The Kier molecular flexibility index (Phi) is 3.43. The minimum absolute atomic E-state index is 0. The van der Waals surface area contributed by atoms with E-state index in [1.165, 1.54) is 4.91 Å². The number of hydrogen-bond acceptors (Lipinski definition) is 3. The lowest BCUT2D eigenvalue weighted by atomic mass is 10.2. The molecule has 2 aliphatic rings. The van der Waals surface area contributed by atoms with Crippen LogP contribution in [0.15, 0.2) is 10.6 Å². The van der Waals surface area contributed by atoms with Crippen LogP contribution in [0.3, 0.4) is 0 Å². The first kappa shape index (κ1) is 9.89. The van der Waals surface area contributed by atoms with Crippen LogP contribution < -0.4 is 10.6 Å². The van der Waals surface area contributed by atoms with Crippen molar-refractivity contribution in [2.75, 3.05) is 18.8 Å². The molecule has 2 N–H and O–H groups in total. The monoisotopic (exact) mass is 206 g/mol. The molecule has 0 atom stereocenters. The van der Waals surface area contributed by atoms with Crippen molar-refractivity contribution in [2.45, 2.75) is 6.42 Å². The molecule has 0 spiro atoms. The van der Waals surface area contributed by atoms with Gasteiger partial charge in [-0.05, 0) is 6.42 Å². The molecule has 0 aromatic carbocycles. The smallest absolute Gasteiger partial charge is 0.234 e. The van der Waals surface area contributed by atoms with Gasteiger partial charge in [-0.3, -0.25) is 4.79 Å². The minimum Gasteiger partial charge on any atom is -0.327 e. The summed E-state index contributed by atoms with van der Waals surface area (Å²) in [7, 11) is 0. The van der Waals surface area contributed by atoms with Crippen LogP contribution in [0, 0.1) is 0 Å². The molecule has 0 aromatic heterocycles. The molecule has 0 unspecified atom stereocenters. The fourth-order valence-corrected chi connectivity index (χ4v) is 2.22. The average molecular weight is 207 g/mol. The molecule has 0 aromatic rings. The topological polar surface area (TPSA) is 41.1 Å². The number of carbonyl (C=O) groups excluding carboxylic acids is 1. The van der Waals surface area contributed by atoms with Gasteiger partial charge in [0.15, 0.2) is 0 Å². The van der Waals surface area contributed by atoms with Crippen LogP contribution in [0.5, 0.6) is 0 Å². The highest BCUT2D eigenvalue weighted by atomic mass is 35.5. The summed E-state index contributed by atoms with van der Waals surface area (Å²) in [5.74, 6) is 0.733. The fourth-order valence-electron chi connectivity index (χ4n) is 1.30. The first-order valence-corrected chi connectivity index (χ1v) is 4.70. The number of rotatable bonds is 0. The van der Waals surface area contributed by atoms with Gasteiger partial charge in [0.1, 0.15) is 0 Å². The second kappa shape index (κ2) is 4.16. The molecule has 12 heavy (non-hydrogen) atoms. The quantitative estimate of drug-likeness (QED) is 0.606. The summed E-state index contributed by atoms with van der Waals surface area (Å²) in [4.78, 5) is 12.3. The van der Waals surface area contributed by atoms with Gasteiger partial charge in [0.25, 0.3) is 0 Å². The molecule has 0 saturated heterocycles. The highest BCUT2D eigenvalue weighted by Crippen LogP contribution is 2.26. The second-order valence-corrected chi connectivity index (χ2v) is 3.74. The normalized spacial score (nSPS) is 22.5. The lowest BCUT2D eigenvalue weighted by molar-refractivity contribution is -0.118.